The molecule has 2 bridgehead atoms. The summed E-state index contributed by atoms with van der Waals surface area (Å²) in [6, 6.07) is 15.4. The van der Waals surface area contributed by atoms with Crippen molar-refractivity contribution in [2.45, 2.75) is 81.7 Å². The lowest BCUT2D eigenvalue weighted by molar-refractivity contribution is -0.142. The van der Waals surface area contributed by atoms with Gasteiger partial charge in [-0.2, -0.15) is 0 Å². The number of nitrogens with zero attached hydrogens (tertiary/aromatic N) is 2. The summed E-state index contributed by atoms with van der Waals surface area (Å²) in [6.07, 6.45) is 5.46. The lowest BCUT2D eigenvalue weighted by Gasteiger charge is -2.33. The van der Waals surface area contributed by atoms with Crippen molar-refractivity contribution < 1.29 is 19.2 Å². The maximum Gasteiger partial charge on any atom is 0.251 e. The maximum absolute atomic E-state index is 14.2. The van der Waals surface area contributed by atoms with Gasteiger partial charge in [0.25, 0.3) is 5.91 Å². The Balaban J connectivity index is 1.29. The third-order valence-corrected chi connectivity index (χ3v) is 8.96. The van der Waals surface area contributed by atoms with E-state index in [1.807, 2.05) is 42.5 Å². The molecule has 4 atom stereocenters. The molecular weight excluding hydrogens is 506 g/mol. The molecule has 3 aliphatic heterocycles. The van der Waals surface area contributed by atoms with E-state index in [2.05, 4.69) is 20.9 Å². The first-order valence-electron chi connectivity index (χ1n) is 14.5. The Kier molecular flexibility index (Phi) is 7.56. The van der Waals surface area contributed by atoms with E-state index >= 15 is 0 Å². The number of amides is 4. The molecule has 9 heteroatoms. The summed E-state index contributed by atoms with van der Waals surface area (Å²) in [7, 11) is 0. The summed E-state index contributed by atoms with van der Waals surface area (Å²) in [4.78, 5) is 57.8. The summed E-state index contributed by atoms with van der Waals surface area (Å²) >= 11 is 0. The van der Waals surface area contributed by atoms with Gasteiger partial charge in [-0.25, -0.2) is 0 Å². The van der Waals surface area contributed by atoms with Gasteiger partial charge < -0.3 is 20.9 Å². The zero-order valence-electron chi connectivity index (χ0n) is 22.7. The van der Waals surface area contributed by atoms with Crippen molar-refractivity contribution in [2.75, 3.05) is 13.1 Å². The number of hydrogen-bond donors (Lipinski definition) is 3. The van der Waals surface area contributed by atoms with Crippen LogP contribution >= 0.6 is 0 Å². The van der Waals surface area contributed by atoms with Crippen molar-refractivity contribution in [3.63, 3.8) is 0 Å². The molecule has 0 radical (unpaired) electrons. The van der Waals surface area contributed by atoms with Crippen molar-refractivity contribution in [3.8, 4) is 0 Å². The first-order valence-corrected chi connectivity index (χ1v) is 14.5. The van der Waals surface area contributed by atoms with Gasteiger partial charge in [0.2, 0.25) is 17.7 Å². The number of benzene rings is 2. The van der Waals surface area contributed by atoms with E-state index in [1.54, 1.807) is 17.0 Å². The van der Waals surface area contributed by atoms with Crippen LogP contribution in [0.15, 0.2) is 54.6 Å². The van der Waals surface area contributed by atoms with Gasteiger partial charge in [-0.05, 0) is 48.9 Å². The van der Waals surface area contributed by atoms with Crippen LogP contribution in [0.1, 0.15) is 60.0 Å². The normalized spacial score (nSPS) is 27.9. The predicted octanol–water partition coefficient (Wildman–Crippen LogP) is 1.76. The van der Waals surface area contributed by atoms with Crippen molar-refractivity contribution in [2.24, 2.45) is 0 Å². The molecule has 210 valence electrons. The van der Waals surface area contributed by atoms with Gasteiger partial charge in [0.1, 0.15) is 6.04 Å². The summed E-state index contributed by atoms with van der Waals surface area (Å²) in [5.74, 6) is -0.598. The molecule has 1 aliphatic carbocycles. The number of rotatable bonds is 3. The first-order chi connectivity index (χ1) is 19.5. The van der Waals surface area contributed by atoms with Gasteiger partial charge >= 0.3 is 0 Å². The van der Waals surface area contributed by atoms with E-state index in [9.17, 15) is 19.2 Å². The van der Waals surface area contributed by atoms with Gasteiger partial charge in [-0.3, -0.25) is 24.1 Å². The van der Waals surface area contributed by atoms with Crippen LogP contribution in [0.2, 0.25) is 0 Å². The zero-order chi connectivity index (χ0) is 27.6. The fourth-order valence-corrected chi connectivity index (χ4v) is 6.98. The fourth-order valence-electron chi connectivity index (χ4n) is 6.98. The van der Waals surface area contributed by atoms with Crippen LogP contribution in [0.3, 0.4) is 0 Å². The van der Waals surface area contributed by atoms with Gasteiger partial charge in [-0.15, -0.1) is 0 Å². The summed E-state index contributed by atoms with van der Waals surface area (Å²) in [5.41, 5.74) is 2.31. The topological polar surface area (TPSA) is 111 Å². The van der Waals surface area contributed by atoms with Crippen LogP contribution in [0.4, 0.5) is 0 Å². The minimum absolute atomic E-state index is 0.0666. The van der Waals surface area contributed by atoms with E-state index in [4.69, 9.17) is 0 Å². The monoisotopic (exact) mass is 543 g/mol. The molecule has 0 unspecified atom stereocenters. The van der Waals surface area contributed by atoms with Gasteiger partial charge in [-0.1, -0.05) is 55.3 Å². The van der Waals surface area contributed by atoms with Crippen LogP contribution in [-0.4, -0.2) is 76.7 Å². The zero-order valence-corrected chi connectivity index (χ0v) is 22.7. The molecule has 2 aromatic carbocycles. The van der Waals surface area contributed by atoms with Crippen LogP contribution in [0.25, 0.3) is 0 Å². The third kappa shape index (κ3) is 5.47. The smallest absolute Gasteiger partial charge is 0.251 e. The maximum atomic E-state index is 14.2. The van der Waals surface area contributed by atoms with E-state index in [0.29, 0.717) is 31.0 Å². The van der Waals surface area contributed by atoms with Gasteiger partial charge in [0.15, 0.2) is 0 Å². The lowest BCUT2D eigenvalue weighted by atomic mass is 10.0. The molecule has 1 saturated carbocycles. The molecule has 4 aliphatic rings. The second kappa shape index (κ2) is 11.4. The average molecular weight is 544 g/mol. The molecule has 3 fully saturated rings. The van der Waals surface area contributed by atoms with E-state index < -0.39 is 12.1 Å². The summed E-state index contributed by atoms with van der Waals surface area (Å²) in [5, 5.41) is 9.28. The molecule has 4 amide bonds. The highest BCUT2D eigenvalue weighted by atomic mass is 16.2. The van der Waals surface area contributed by atoms with Gasteiger partial charge in [0.05, 0.1) is 12.5 Å². The van der Waals surface area contributed by atoms with Crippen molar-refractivity contribution in [1.82, 2.24) is 25.8 Å². The lowest BCUT2D eigenvalue weighted by Crippen LogP contribution is -2.53. The molecule has 2 aromatic rings. The van der Waals surface area contributed by atoms with Crippen LogP contribution in [0, 0.1) is 0 Å². The SMILES string of the molecule is O=C1Cc2ccccc2CNC(=O)[C@@H]2C[C@H](NC(=O)c3ccccc3)CN2C(=O)[C@@H]2C[C@H](CN2C2CCCC2)N1. The number of hydrogen-bond acceptors (Lipinski definition) is 5. The minimum Gasteiger partial charge on any atom is -0.352 e. The number of nitrogens with one attached hydrogen (secondary N) is 3. The predicted molar refractivity (Wildman–Crippen MR) is 149 cm³/mol. The molecule has 3 N–H and O–H groups in total. The second-order valence-corrected chi connectivity index (χ2v) is 11.6. The quantitative estimate of drug-likeness (QED) is 0.547. The highest BCUT2D eigenvalue weighted by Crippen LogP contribution is 2.33. The molecule has 3 heterocycles. The average Bonchev–Trinajstić information content (AvgIpc) is 3.72. The number of fused-ring (bicyclic) bond motifs is 4. The van der Waals surface area contributed by atoms with E-state index in [1.165, 1.54) is 0 Å². The summed E-state index contributed by atoms with van der Waals surface area (Å²) < 4.78 is 0. The van der Waals surface area contributed by atoms with Crippen LogP contribution < -0.4 is 16.0 Å². The van der Waals surface area contributed by atoms with Crippen molar-refractivity contribution in [1.29, 1.82) is 0 Å². The molecule has 0 spiro atoms. The van der Waals surface area contributed by atoms with Crippen LogP contribution in [0.5, 0.6) is 0 Å². The molecule has 40 heavy (non-hydrogen) atoms. The number of carbonyl (C=O) groups is 4. The third-order valence-electron chi connectivity index (χ3n) is 8.96. The second-order valence-electron chi connectivity index (χ2n) is 11.6. The fraction of sp³-hybridized carbons (Fsp3) is 0.484. The molecule has 2 saturated heterocycles. The Morgan fingerprint density at radius 3 is 2.35 bits per heavy atom. The highest BCUT2D eigenvalue weighted by Gasteiger charge is 2.48. The Morgan fingerprint density at radius 2 is 1.57 bits per heavy atom. The largest absolute Gasteiger partial charge is 0.352 e. The molecule has 6 rings (SSSR count). The Morgan fingerprint density at radius 1 is 0.850 bits per heavy atom. The molecule has 9 nitrogen and oxygen atoms in total. The van der Waals surface area contributed by atoms with E-state index in [0.717, 1.165) is 36.8 Å². The summed E-state index contributed by atoms with van der Waals surface area (Å²) in [6.45, 7) is 1.17. The Labute approximate surface area is 234 Å². The van der Waals surface area contributed by atoms with Crippen molar-refractivity contribution in [3.05, 3.63) is 71.3 Å². The Bertz CT molecular complexity index is 1280. The standard InChI is InChI=1S/C31H37N5O4/c37-28-14-21-10-4-5-11-22(21)17-32-30(39)26-15-24(34-29(38)20-8-2-1-3-9-20)19-36(26)31(40)27-16-23(33-28)18-35(27)25-12-6-7-13-25/h1-5,8-11,23-27H,6-7,12-19H2,(H,32,39)(H,33,37)(H,34,38)/t23-,24+,26+,27+/m1/s1. The first kappa shape index (κ1) is 26.5. The minimum atomic E-state index is -0.678. The number of likely N-dealkylation sites (tertiary alicyclic amines) is 1. The highest BCUT2D eigenvalue weighted by molar-refractivity contribution is 5.95. The Hall–Kier alpha value is -3.72. The van der Waals surface area contributed by atoms with Crippen LogP contribution in [-0.2, 0) is 27.3 Å². The van der Waals surface area contributed by atoms with Gasteiger partial charge in [0, 0.05) is 43.3 Å². The molecule has 0 aromatic heterocycles. The van der Waals surface area contributed by atoms with Crippen molar-refractivity contribution >= 4 is 23.6 Å². The van der Waals surface area contributed by atoms with E-state index in [-0.39, 0.29) is 55.2 Å². The molecular formula is C31H37N5O4. The number of carbonyl (C=O) groups excluding carboxylic acids is 4.